The van der Waals surface area contributed by atoms with Gasteiger partial charge in [-0.2, -0.15) is 0 Å². The van der Waals surface area contributed by atoms with E-state index in [2.05, 4.69) is 20.1 Å². The number of rotatable bonds is 7. The minimum absolute atomic E-state index is 0.322. The van der Waals surface area contributed by atoms with Crippen LogP contribution in [0.1, 0.15) is 18.7 Å². The van der Waals surface area contributed by atoms with Crippen LogP contribution >= 0.6 is 11.8 Å². The molecule has 0 saturated carbocycles. The second kappa shape index (κ2) is 7.81. The van der Waals surface area contributed by atoms with Crippen molar-refractivity contribution in [1.82, 2.24) is 20.1 Å². The molecule has 0 amide bonds. The van der Waals surface area contributed by atoms with Crippen molar-refractivity contribution in [3.63, 3.8) is 0 Å². The summed E-state index contributed by atoms with van der Waals surface area (Å²) in [6.45, 7) is 1.53. The topological polar surface area (TPSA) is 61.2 Å². The summed E-state index contributed by atoms with van der Waals surface area (Å²) in [5, 5.41) is 12.7. The molecule has 6 nitrogen and oxygen atoms in total. The average molecular weight is 334 g/mol. The number of hydrogen-bond donors (Lipinski definition) is 1. The molecule has 0 aliphatic carbocycles. The Morgan fingerprint density at radius 1 is 1.43 bits per heavy atom. The van der Waals surface area contributed by atoms with Crippen LogP contribution in [-0.4, -0.2) is 47.4 Å². The molecule has 1 aromatic carbocycles. The molecule has 0 spiro atoms. The SMILES string of the molecule is CNCc1nnc(SC[C@H]2CCCO2)n1-c1cccc(OC)c1. The van der Waals surface area contributed by atoms with Gasteiger partial charge >= 0.3 is 0 Å². The van der Waals surface area contributed by atoms with E-state index in [1.54, 1.807) is 18.9 Å². The molecule has 1 aliphatic heterocycles. The first-order valence-corrected chi connectivity index (χ1v) is 8.78. The van der Waals surface area contributed by atoms with Crippen LogP contribution in [0.5, 0.6) is 5.75 Å². The summed E-state index contributed by atoms with van der Waals surface area (Å²) in [6.07, 6.45) is 2.60. The van der Waals surface area contributed by atoms with Crippen molar-refractivity contribution < 1.29 is 9.47 Å². The van der Waals surface area contributed by atoms with Crippen LogP contribution in [-0.2, 0) is 11.3 Å². The van der Waals surface area contributed by atoms with E-state index in [-0.39, 0.29) is 0 Å². The second-order valence-corrected chi connectivity index (χ2v) is 6.40. The zero-order chi connectivity index (χ0) is 16.1. The van der Waals surface area contributed by atoms with E-state index in [0.29, 0.717) is 12.6 Å². The predicted molar refractivity (Wildman–Crippen MR) is 90.4 cm³/mol. The Hall–Kier alpha value is -1.57. The molecule has 23 heavy (non-hydrogen) atoms. The second-order valence-electron chi connectivity index (χ2n) is 5.41. The van der Waals surface area contributed by atoms with E-state index in [9.17, 15) is 0 Å². The normalized spacial score (nSPS) is 17.6. The van der Waals surface area contributed by atoms with Gasteiger partial charge in [0, 0.05) is 18.4 Å². The van der Waals surface area contributed by atoms with Gasteiger partial charge in [-0.15, -0.1) is 10.2 Å². The van der Waals surface area contributed by atoms with Gasteiger partial charge in [0.05, 0.1) is 25.4 Å². The molecule has 2 heterocycles. The minimum atomic E-state index is 0.322. The molecule has 124 valence electrons. The van der Waals surface area contributed by atoms with Gasteiger partial charge in [0.25, 0.3) is 0 Å². The van der Waals surface area contributed by atoms with Crippen molar-refractivity contribution in [1.29, 1.82) is 0 Å². The van der Waals surface area contributed by atoms with Crippen molar-refractivity contribution in [2.45, 2.75) is 30.6 Å². The average Bonchev–Trinajstić information content (AvgIpc) is 3.23. The lowest BCUT2D eigenvalue weighted by Gasteiger charge is -2.12. The Bertz CT molecular complexity index is 641. The lowest BCUT2D eigenvalue weighted by Crippen LogP contribution is -2.13. The molecule has 1 N–H and O–H groups in total. The molecule has 3 rings (SSSR count). The van der Waals surface area contributed by atoms with Gasteiger partial charge in [0.2, 0.25) is 0 Å². The van der Waals surface area contributed by atoms with Crippen molar-refractivity contribution >= 4 is 11.8 Å². The summed E-state index contributed by atoms with van der Waals surface area (Å²) < 4.78 is 13.1. The van der Waals surface area contributed by atoms with Crippen LogP contribution in [0.2, 0.25) is 0 Å². The Morgan fingerprint density at radius 3 is 3.09 bits per heavy atom. The van der Waals surface area contributed by atoms with Gasteiger partial charge in [0.15, 0.2) is 11.0 Å². The van der Waals surface area contributed by atoms with Crippen molar-refractivity contribution in [2.75, 3.05) is 26.5 Å². The summed E-state index contributed by atoms with van der Waals surface area (Å²) in [5.74, 6) is 2.61. The Balaban J connectivity index is 1.86. The Labute approximate surface area is 140 Å². The van der Waals surface area contributed by atoms with Crippen LogP contribution in [0, 0.1) is 0 Å². The van der Waals surface area contributed by atoms with Crippen LogP contribution in [0.3, 0.4) is 0 Å². The fraction of sp³-hybridized carbons (Fsp3) is 0.500. The molecule has 7 heteroatoms. The first kappa shape index (κ1) is 16.3. The van der Waals surface area contributed by atoms with Crippen LogP contribution in [0.4, 0.5) is 0 Å². The molecular formula is C16H22N4O2S. The zero-order valence-corrected chi connectivity index (χ0v) is 14.3. The number of ether oxygens (including phenoxy) is 2. The van der Waals surface area contributed by atoms with Crippen molar-refractivity contribution in [2.24, 2.45) is 0 Å². The third-order valence-electron chi connectivity index (χ3n) is 3.77. The monoisotopic (exact) mass is 334 g/mol. The van der Waals surface area contributed by atoms with E-state index < -0.39 is 0 Å². The van der Waals surface area contributed by atoms with E-state index in [4.69, 9.17) is 9.47 Å². The molecule has 1 aromatic heterocycles. The molecule has 2 aromatic rings. The highest BCUT2D eigenvalue weighted by molar-refractivity contribution is 7.99. The fourth-order valence-corrected chi connectivity index (χ4v) is 3.65. The predicted octanol–water partition coefficient (Wildman–Crippen LogP) is 2.27. The number of nitrogens with one attached hydrogen (secondary N) is 1. The van der Waals surface area contributed by atoms with Crippen LogP contribution in [0.25, 0.3) is 5.69 Å². The first-order chi connectivity index (χ1) is 11.3. The number of nitrogens with zero attached hydrogens (tertiary/aromatic N) is 3. The number of benzene rings is 1. The molecule has 0 radical (unpaired) electrons. The van der Waals surface area contributed by atoms with Gasteiger partial charge in [-0.1, -0.05) is 17.8 Å². The summed E-state index contributed by atoms with van der Waals surface area (Å²) in [4.78, 5) is 0. The van der Waals surface area contributed by atoms with Gasteiger partial charge in [-0.05, 0) is 32.0 Å². The summed E-state index contributed by atoms with van der Waals surface area (Å²) in [7, 11) is 3.58. The lowest BCUT2D eigenvalue weighted by atomic mass is 10.3. The molecule has 1 saturated heterocycles. The molecule has 0 bridgehead atoms. The first-order valence-electron chi connectivity index (χ1n) is 7.79. The van der Waals surface area contributed by atoms with E-state index in [0.717, 1.165) is 47.6 Å². The van der Waals surface area contributed by atoms with Crippen molar-refractivity contribution in [3.05, 3.63) is 30.1 Å². The molecule has 1 fully saturated rings. The quantitative estimate of drug-likeness (QED) is 0.784. The molecular weight excluding hydrogens is 312 g/mol. The highest BCUT2D eigenvalue weighted by Crippen LogP contribution is 2.27. The third kappa shape index (κ3) is 3.85. The smallest absolute Gasteiger partial charge is 0.195 e. The molecule has 0 unspecified atom stereocenters. The number of aromatic nitrogens is 3. The molecule has 1 aliphatic rings. The Morgan fingerprint density at radius 2 is 2.35 bits per heavy atom. The van der Waals surface area contributed by atoms with E-state index in [1.807, 2.05) is 31.3 Å². The third-order valence-corrected chi connectivity index (χ3v) is 4.83. The van der Waals surface area contributed by atoms with Gasteiger partial charge in [-0.3, -0.25) is 4.57 Å². The maximum absolute atomic E-state index is 5.70. The standard InChI is InChI=1S/C16H22N4O2S/c1-17-10-15-18-19-16(23-11-14-7-4-8-22-14)20(15)12-5-3-6-13(9-12)21-2/h3,5-6,9,14,17H,4,7-8,10-11H2,1-2H3/t14-/m1/s1. The summed E-state index contributed by atoms with van der Waals surface area (Å²) in [5.41, 5.74) is 1.01. The minimum Gasteiger partial charge on any atom is -0.497 e. The zero-order valence-electron chi connectivity index (χ0n) is 13.5. The van der Waals surface area contributed by atoms with E-state index >= 15 is 0 Å². The number of methoxy groups -OCH3 is 1. The largest absolute Gasteiger partial charge is 0.497 e. The Kier molecular flexibility index (Phi) is 5.53. The van der Waals surface area contributed by atoms with Crippen molar-refractivity contribution in [3.8, 4) is 11.4 Å². The van der Waals surface area contributed by atoms with Gasteiger partial charge in [-0.25, -0.2) is 0 Å². The summed E-state index contributed by atoms with van der Waals surface area (Å²) >= 11 is 1.70. The highest BCUT2D eigenvalue weighted by Gasteiger charge is 2.19. The summed E-state index contributed by atoms with van der Waals surface area (Å²) in [6, 6.07) is 7.95. The number of thioether (sulfide) groups is 1. The fourth-order valence-electron chi connectivity index (χ4n) is 2.62. The maximum atomic E-state index is 5.70. The van der Waals surface area contributed by atoms with Crippen LogP contribution in [0.15, 0.2) is 29.4 Å². The molecule has 1 atom stereocenters. The maximum Gasteiger partial charge on any atom is 0.195 e. The highest BCUT2D eigenvalue weighted by atomic mass is 32.2. The van der Waals surface area contributed by atoms with Gasteiger partial charge in [0.1, 0.15) is 5.75 Å². The lowest BCUT2D eigenvalue weighted by molar-refractivity contribution is 0.129. The van der Waals surface area contributed by atoms with Crippen LogP contribution < -0.4 is 10.1 Å². The van der Waals surface area contributed by atoms with E-state index in [1.165, 1.54) is 0 Å². The van der Waals surface area contributed by atoms with Gasteiger partial charge < -0.3 is 14.8 Å². The number of hydrogen-bond acceptors (Lipinski definition) is 6.